The SMILES string of the molecule is COc1c[c]ccc1CNCCO. The summed E-state index contributed by atoms with van der Waals surface area (Å²) in [6.45, 7) is 1.46. The third kappa shape index (κ3) is 3.05. The van der Waals surface area contributed by atoms with Crippen LogP contribution in [-0.2, 0) is 6.54 Å². The van der Waals surface area contributed by atoms with Gasteiger partial charge in [0.15, 0.2) is 0 Å². The number of hydrogen-bond donors (Lipinski definition) is 2. The van der Waals surface area contributed by atoms with Crippen molar-refractivity contribution in [3.63, 3.8) is 0 Å². The summed E-state index contributed by atoms with van der Waals surface area (Å²) >= 11 is 0. The van der Waals surface area contributed by atoms with Crippen LogP contribution in [0.15, 0.2) is 18.2 Å². The highest BCUT2D eigenvalue weighted by Crippen LogP contribution is 2.15. The second-order valence-electron chi connectivity index (χ2n) is 2.64. The van der Waals surface area contributed by atoms with Crippen molar-refractivity contribution in [3.05, 3.63) is 29.8 Å². The predicted octanol–water partition coefficient (Wildman–Crippen LogP) is 0.577. The zero-order chi connectivity index (χ0) is 9.52. The fourth-order valence-electron chi connectivity index (χ4n) is 1.09. The average Bonchev–Trinajstić information content (AvgIpc) is 2.19. The van der Waals surface area contributed by atoms with E-state index in [1.165, 1.54) is 0 Å². The minimum Gasteiger partial charge on any atom is -0.496 e. The van der Waals surface area contributed by atoms with E-state index in [-0.39, 0.29) is 6.61 Å². The molecule has 0 saturated heterocycles. The first-order valence-corrected chi connectivity index (χ1v) is 4.23. The molecule has 2 N–H and O–H groups in total. The Balaban J connectivity index is 2.54. The molecule has 0 aromatic heterocycles. The van der Waals surface area contributed by atoms with E-state index >= 15 is 0 Å². The first-order chi connectivity index (χ1) is 6.38. The maximum atomic E-state index is 8.57. The number of hydrogen-bond acceptors (Lipinski definition) is 3. The quantitative estimate of drug-likeness (QED) is 0.651. The van der Waals surface area contributed by atoms with Crippen molar-refractivity contribution < 1.29 is 9.84 Å². The van der Waals surface area contributed by atoms with Crippen molar-refractivity contribution in [3.8, 4) is 5.75 Å². The molecule has 1 radical (unpaired) electrons. The lowest BCUT2D eigenvalue weighted by atomic mass is 10.2. The van der Waals surface area contributed by atoms with E-state index in [0.717, 1.165) is 11.3 Å². The Morgan fingerprint density at radius 1 is 1.62 bits per heavy atom. The van der Waals surface area contributed by atoms with Gasteiger partial charge in [-0.3, -0.25) is 0 Å². The first-order valence-electron chi connectivity index (χ1n) is 4.23. The van der Waals surface area contributed by atoms with Gasteiger partial charge in [-0.1, -0.05) is 12.1 Å². The fourth-order valence-corrected chi connectivity index (χ4v) is 1.09. The zero-order valence-electron chi connectivity index (χ0n) is 7.71. The van der Waals surface area contributed by atoms with Crippen LogP contribution < -0.4 is 10.1 Å². The maximum Gasteiger partial charge on any atom is 0.123 e. The largest absolute Gasteiger partial charge is 0.496 e. The molecule has 0 fully saturated rings. The molecular formula is C10H14NO2. The van der Waals surface area contributed by atoms with E-state index in [1.54, 1.807) is 13.2 Å². The second kappa shape index (κ2) is 5.56. The Kier molecular flexibility index (Phi) is 4.29. The number of nitrogens with one attached hydrogen (secondary N) is 1. The standard InChI is InChI=1S/C10H14NO2/c1-13-10-5-3-2-4-9(10)8-11-6-7-12/h2,4-5,11-12H,6-8H2,1H3. The molecule has 0 aliphatic heterocycles. The predicted molar refractivity (Wildman–Crippen MR) is 50.6 cm³/mol. The van der Waals surface area contributed by atoms with E-state index < -0.39 is 0 Å². The van der Waals surface area contributed by atoms with Crippen LogP contribution in [0.5, 0.6) is 5.75 Å². The molecule has 0 amide bonds. The lowest BCUT2D eigenvalue weighted by molar-refractivity contribution is 0.291. The van der Waals surface area contributed by atoms with Crippen LogP contribution in [0.1, 0.15) is 5.56 Å². The second-order valence-corrected chi connectivity index (χ2v) is 2.64. The third-order valence-corrected chi connectivity index (χ3v) is 1.74. The van der Waals surface area contributed by atoms with Gasteiger partial charge in [-0.25, -0.2) is 0 Å². The highest BCUT2D eigenvalue weighted by molar-refractivity contribution is 5.32. The van der Waals surface area contributed by atoms with Crippen LogP contribution in [0, 0.1) is 6.07 Å². The van der Waals surface area contributed by atoms with Crippen LogP contribution in [0.4, 0.5) is 0 Å². The van der Waals surface area contributed by atoms with Crippen molar-refractivity contribution >= 4 is 0 Å². The summed E-state index contributed by atoms with van der Waals surface area (Å²) < 4.78 is 5.14. The lowest BCUT2D eigenvalue weighted by Crippen LogP contribution is -2.17. The number of rotatable bonds is 5. The summed E-state index contributed by atoms with van der Waals surface area (Å²) in [5, 5.41) is 11.7. The van der Waals surface area contributed by atoms with Gasteiger partial charge in [0.25, 0.3) is 0 Å². The lowest BCUT2D eigenvalue weighted by Gasteiger charge is -2.07. The molecule has 0 heterocycles. The molecule has 71 valence electrons. The minimum atomic E-state index is 0.154. The van der Waals surface area contributed by atoms with Crippen molar-refractivity contribution in [2.45, 2.75) is 6.54 Å². The Morgan fingerprint density at radius 2 is 2.46 bits per heavy atom. The highest BCUT2D eigenvalue weighted by atomic mass is 16.5. The molecule has 3 heteroatoms. The Bertz CT molecular complexity index is 250. The van der Waals surface area contributed by atoms with Gasteiger partial charge in [-0.2, -0.15) is 0 Å². The van der Waals surface area contributed by atoms with E-state index in [1.807, 2.05) is 12.1 Å². The molecule has 0 saturated carbocycles. The van der Waals surface area contributed by atoms with Crippen LogP contribution >= 0.6 is 0 Å². The van der Waals surface area contributed by atoms with Gasteiger partial charge < -0.3 is 15.2 Å². The molecule has 0 atom stereocenters. The monoisotopic (exact) mass is 180 g/mol. The molecule has 1 aromatic rings. The fraction of sp³-hybridized carbons (Fsp3) is 0.400. The molecule has 0 aliphatic rings. The molecule has 13 heavy (non-hydrogen) atoms. The van der Waals surface area contributed by atoms with Gasteiger partial charge in [-0.05, 0) is 12.1 Å². The van der Waals surface area contributed by atoms with E-state index in [2.05, 4.69) is 11.4 Å². The summed E-state index contributed by atoms with van der Waals surface area (Å²) in [5.41, 5.74) is 1.08. The number of ether oxygens (including phenoxy) is 1. The van der Waals surface area contributed by atoms with Gasteiger partial charge in [0, 0.05) is 18.7 Å². The summed E-state index contributed by atoms with van der Waals surface area (Å²) in [4.78, 5) is 0. The Hall–Kier alpha value is -1.06. The zero-order valence-corrected chi connectivity index (χ0v) is 7.71. The smallest absolute Gasteiger partial charge is 0.123 e. The molecule has 1 rings (SSSR count). The maximum absolute atomic E-state index is 8.57. The van der Waals surface area contributed by atoms with Crippen LogP contribution in [-0.4, -0.2) is 25.4 Å². The van der Waals surface area contributed by atoms with Crippen molar-refractivity contribution in [2.24, 2.45) is 0 Å². The van der Waals surface area contributed by atoms with Crippen molar-refractivity contribution in [1.82, 2.24) is 5.32 Å². The van der Waals surface area contributed by atoms with Gasteiger partial charge in [0.05, 0.1) is 13.7 Å². The van der Waals surface area contributed by atoms with Crippen LogP contribution in [0.25, 0.3) is 0 Å². The molecule has 3 nitrogen and oxygen atoms in total. The van der Waals surface area contributed by atoms with Crippen molar-refractivity contribution in [1.29, 1.82) is 0 Å². The van der Waals surface area contributed by atoms with Gasteiger partial charge in [0.2, 0.25) is 0 Å². The van der Waals surface area contributed by atoms with E-state index in [9.17, 15) is 0 Å². The summed E-state index contributed by atoms with van der Waals surface area (Å²) in [6.07, 6.45) is 0. The molecular weight excluding hydrogens is 166 g/mol. The molecule has 0 aliphatic carbocycles. The van der Waals surface area contributed by atoms with E-state index in [0.29, 0.717) is 13.1 Å². The number of methoxy groups -OCH3 is 1. The molecule has 1 aromatic carbocycles. The Morgan fingerprint density at radius 3 is 3.15 bits per heavy atom. The third-order valence-electron chi connectivity index (χ3n) is 1.74. The van der Waals surface area contributed by atoms with Crippen LogP contribution in [0.3, 0.4) is 0 Å². The number of benzene rings is 1. The number of aliphatic hydroxyl groups is 1. The van der Waals surface area contributed by atoms with Crippen molar-refractivity contribution in [2.75, 3.05) is 20.3 Å². The highest BCUT2D eigenvalue weighted by Gasteiger charge is 1.99. The summed E-state index contributed by atoms with van der Waals surface area (Å²) in [6, 6.07) is 8.54. The summed E-state index contributed by atoms with van der Waals surface area (Å²) in [7, 11) is 1.64. The van der Waals surface area contributed by atoms with E-state index in [4.69, 9.17) is 9.84 Å². The molecule has 0 spiro atoms. The molecule has 0 unspecified atom stereocenters. The van der Waals surface area contributed by atoms with Gasteiger partial charge >= 0.3 is 0 Å². The first kappa shape index (κ1) is 10.0. The topological polar surface area (TPSA) is 41.5 Å². The Labute approximate surface area is 78.3 Å². The van der Waals surface area contributed by atoms with Crippen LogP contribution in [0.2, 0.25) is 0 Å². The van der Waals surface area contributed by atoms with Gasteiger partial charge in [-0.15, -0.1) is 0 Å². The average molecular weight is 180 g/mol. The normalized spacial score (nSPS) is 10.0. The number of aliphatic hydroxyl groups excluding tert-OH is 1. The minimum absolute atomic E-state index is 0.154. The molecule has 0 bridgehead atoms. The van der Waals surface area contributed by atoms with Gasteiger partial charge in [0.1, 0.15) is 5.75 Å². The summed E-state index contributed by atoms with van der Waals surface area (Å²) in [5.74, 6) is 0.827.